The molecule has 0 fully saturated rings. The Hall–Kier alpha value is -4.54. The number of thiophene rings is 1. The lowest BCUT2D eigenvalue weighted by atomic mass is 9.93. The highest BCUT2D eigenvalue weighted by Crippen LogP contribution is 2.43. The number of hydrogen-bond donors (Lipinski definition) is 4. The van der Waals surface area contributed by atoms with Crippen molar-refractivity contribution in [2.75, 3.05) is 11.9 Å². The van der Waals surface area contributed by atoms with Crippen LogP contribution >= 0.6 is 11.3 Å². The minimum absolute atomic E-state index is 0.157. The van der Waals surface area contributed by atoms with E-state index in [4.69, 9.17) is 16.2 Å². The summed E-state index contributed by atoms with van der Waals surface area (Å²) in [4.78, 5) is 42.6. The molecule has 0 saturated carbocycles. The highest BCUT2D eigenvalue weighted by molar-refractivity contribution is 7.13. The number of ether oxygens (including phenoxy) is 1. The number of nitrogens with zero attached hydrogens (tertiary/aromatic N) is 1. The zero-order chi connectivity index (χ0) is 27.0. The van der Waals surface area contributed by atoms with Gasteiger partial charge >= 0.3 is 5.97 Å². The number of aromatic nitrogens is 1. The molecule has 3 heterocycles. The molecule has 192 valence electrons. The predicted octanol–water partition coefficient (Wildman–Crippen LogP) is 4.23. The molecule has 38 heavy (non-hydrogen) atoms. The molecule has 1 aliphatic heterocycles. The molecule has 9 nitrogen and oxygen atoms in total. The summed E-state index contributed by atoms with van der Waals surface area (Å²) in [6.45, 7) is 2.67. The summed E-state index contributed by atoms with van der Waals surface area (Å²) in [6, 6.07) is 13.7. The topological polar surface area (TPSA) is 158 Å². The molecule has 6 N–H and O–H groups in total. The van der Waals surface area contributed by atoms with Crippen LogP contribution in [0, 0.1) is 6.92 Å². The molecule has 5 rings (SSSR count). The van der Waals surface area contributed by atoms with Crippen molar-refractivity contribution in [2.45, 2.75) is 19.9 Å². The van der Waals surface area contributed by atoms with Gasteiger partial charge in [0.05, 0.1) is 6.61 Å². The van der Waals surface area contributed by atoms with E-state index < -0.39 is 23.5 Å². The molecule has 4 aromatic rings. The van der Waals surface area contributed by atoms with Gasteiger partial charge in [0.2, 0.25) is 0 Å². The molecule has 0 bridgehead atoms. The van der Waals surface area contributed by atoms with E-state index in [-0.39, 0.29) is 16.8 Å². The standard InChI is InChI=1S/C28H24N4O5S/c1-14-10-15(13-29)2-4-21(14)32-27(34)19-11-20-23(37-8-6-16-7-9-38-25(16)20)12-18(19)17-3-5-22(26(30)33)31-24(17)28(35)36/h2-5,7,9-12H,6,8,13,29H2,1H3,(H2,30,33)(H,32,34)(H,35,36). The molecule has 0 radical (unpaired) electrons. The molecule has 2 amide bonds. The van der Waals surface area contributed by atoms with Crippen LogP contribution in [0.4, 0.5) is 5.69 Å². The van der Waals surface area contributed by atoms with E-state index in [1.165, 1.54) is 12.1 Å². The van der Waals surface area contributed by atoms with Crippen LogP contribution in [0.5, 0.6) is 5.75 Å². The zero-order valence-corrected chi connectivity index (χ0v) is 21.2. The Labute approximate surface area is 222 Å². The van der Waals surface area contributed by atoms with E-state index in [0.717, 1.165) is 27.1 Å². The van der Waals surface area contributed by atoms with Gasteiger partial charge in [-0.1, -0.05) is 12.1 Å². The van der Waals surface area contributed by atoms with Crippen LogP contribution in [0.25, 0.3) is 21.6 Å². The van der Waals surface area contributed by atoms with Crippen LogP contribution in [-0.2, 0) is 13.0 Å². The van der Waals surface area contributed by atoms with Crippen molar-refractivity contribution in [2.24, 2.45) is 11.5 Å². The second-order valence-electron chi connectivity index (χ2n) is 8.84. The number of carbonyl (C=O) groups is 3. The van der Waals surface area contributed by atoms with Crippen molar-refractivity contribution in [3.63, 3.8) is 0 Å². The Morgan fingerprint density at radius 2 is 1.89 bits per heavy atom. The second-order valence-corrected chi connectivity index (χ2v) is 9.75. The minimum atomic E-state index is -1.36. The van der Waals surface area contributed by atoms with Crippen LogP contribution in [0.2, 0.25) is 0 Å². The highest BCUT2D eigenvalue weighted by atomic mass is 32.1. The summed E-state index contributed by atoms with van der Waals surface area (Å²) in [5.41, 5.74) is 15.4. The Morgan fingerprint density at radius 1 is 1.08 bits per heavy atom. The number of carboxylic acid groups (broad SMARTS) is 1. The van der Waals surface area contributed by atoms with Gasteiger partial charge in [-0.2, -0.15) is 0 Å². The van der Waals surface area contributed by atoms with Crippen molar-refractivity contribution in [1.29, 1.82) is 0 Å². The summed E-state index contributed by atoms with van der Waals surface area (Å²) < 4.78 is 6.03. The number of pyridine rings is 1. The first-order valence-corrected chi connectivity index (χ1v) is 12.7. The number of rotatable bonds is 6. The number of fused-ring (bicyclic) bond motifs is 3. The smallest absolute Gasteiger partial charge is 0.355 e. The van der Waals surface area contributed by atoms with Gasteiger partial charge in [-0.3, -0.25) is 9.59 Å². The monoisotopic (exact) mass is 528 g/mol. The number of anilines is 1. The van der Waals surface area contributed by atoms with Crippen molar-refractivity contribution in [3.05, 3.63) is 87.6 Å². The number of carbonyl (C=O) groups excluding carboxylic acids is 2. The van der Waals surface area contributed by atoms with Gasteiger partial charge in [0.25, 0.3) is 11.8 Å². The van der Waals surface area contributed by atoms with E-state index in [2.05, 4.69) is 10.3 Å². The van der Waals surface area contributed by atoms with E-state index in [1.54, 1.807) is 29.5 Å². The first kappa shape index (κ1) is 25.1. The molecule has 0 spiro atoms. The van der Waals surface area contributed by atoms with Gasteiger partial charge in [-0.05, 0) is 65.4 Å². The fourth-order valence-electron chi connectivity index (χ4n) is 4.49. The first-order valence-electron chi connectivity index (χ1n) is 11.8. The number of nitrogens with one attached hydrogen (secondary N) is 1. The van der Waals surface area contributed by atoms with Gasteiger partial charge in [0.15, 0.2) is 5.69 Å². The average Bonchev–Trinajstić information content (AvgIpc) is 3.30. The first-order chi connectivity index (χ1) is 18.3. The lowest BCUT2D eigenvalue weighted by molar-refractivity contribution is 0.0691. The molecular weight excluding hydrogens is 504 g/mol. The fourth-order valence-corrected chi connectivity index (χ4v) is 5.46. The van der Waals surface area contributed by atoms with Gasteiger partial charge in [0.1, 0.15) is 11.4 Å². The Morgan fingerprint density at radius 3 is 2.61 bits per heavy atom. The molecule has 0 atom stereocenters. The predicted molar refractivity (Wildman–Crippen MR) is 145 cm³/mol. The number of aromatic carboxylic acids is 1. The normalized spacial score (nSPS) is 12.1. The SMILES string of the molecule is Cc1cc(CN)ccc1NC(=O)c1cc2c(cc1-c1ccc(C(N)=O)nc1C(=O)O)OCCc1ccsc1-2. The average molecular weight is 529 g/mol. The molecule has 2 aromatic carbocycles. The summed E-state index contributed by atoms with van der Waals surface area (Å²) in [6.07, 6.45) is 0.701. The summed E-state index contributed by atoms with van der Waals surface area (Å²) in [7, 11) is 0. The van der Waals surface area contributed by atoms with Gasteiger partial charge < -0.3 is 26.6 Å². The lowest BCUT2D eigenvalue weighted by Gasteiger charge is -2.17. The molecule has 0 unspecified atom stereocenters. The van der Waals surface area contributed by atoms with Crippen LogP contribution < -0.4 is 21.5 Å². The number of benzene rings is 2. The van der Waals surface area contributed by atoms with Crippen molar-refractivity contribution >= 4 is 34.8 Å². The number of carboxylic acids is 1. The maximum absolute atomic E-state index is 13.8. The lowest BCUT2D eigenvalue weighted by Crippen LogP contribution is -2.18. The van der Waals surface area contributed by atoms with Crippen molar-refractivity contribution in [3.8, 4) is 27.3 Å². The summed E-state index contributed by atoms with van der Waals surface area (Å²) >= 11 is 1.55. The van der Waals surface area contributed by atoms with Crippen LogP contribution in [0.15, 0.2) is 53.9 Å². The van der Waals surface area contributed by atoms with E-state index >= 15 is 0 Å². The third-order valence-electron chi connectivity index (χ3n) is 6.40. The fraction of sp³-hybridized carbons (Fsp3) is 0.143. The second kappa shape index (κ2) is 10.1. The molecule has 0 saturated heterocycles. The Bertz CT molecular complexity index is 1610. The number of hydrogen-bond acceptors (Lipinski definition) is 7. The quantitative estimate of drug-likeness (QED) is 0.292. The van der Waals surface area contributed by atoms with Crippen LogP contribution in [-0.4, -0.2) is 34.5 Å². The van der Waals surface area contributed by atoms with E-state index in [9.17, 15) is 19.5 Å². The maximum atomic E-state index is 13.8. The zero-order valence-electron chi connectivity index (χ0n) is 20.4. The van der Waals surface area contributed by atoms with E-state index in [0.29, 0.717) is 36.6 Å². The maximum Gasteiger partial charge on any atom is 0.355 e. The third-order valence-corrected chi connectivity index (χ3v) is 7.39. The van der Waals surface area contributed by atoms with Crippen LogP contribution in [0.1, 0.15) is 48.0 Å². The molecule has 1 aliphatic rings. The minimum Gasteiger partial charge on any atom is -0.493 e. The molecule has 0 aliphatic carbocycles. The number of amides is 2. The number of nitrogens with two attached hydrogens (primary N) is 2. The Kier molecular flexibility index (Phi) is 6.66. The van der Waals surface area contributed by atoms with Crippen molar-refractivity contribution < 1.29 is 24.2 Å². The Balaban J connectivity index is 1.71. The number of aryl methyl sites for hydroxylation is 1. The number of primary amides is 1. The molecule has 10 heteroatoms. The molecule has 2 aromatic heterocycles. The van der Waals surface area contributed by atoms with E-state index in [1.807, 2.05) is 30.5 Å². The van der Waals surface area contributed by atoms with Gasteiger partial charge in [-0.15, -0.1) is 11.3 Å². The van der Waals surface area contributed by atoms with Crippen LogP contribution in [0.3, 0.4) is 0 Å². The van der Waals surface area contributed by atoms with Gasteiger partial charge in [0, 0.05) is 45.8 Å². The summed E-state index contributed by atoms with van der Waals surface area (Å²) in [5.74, 6) is -2.14. The molecular formula is C28H24N4O5S. The summed E-state index contributed by atoms with van der Waals surface area (Å²) in [5, 5.41) is 14.9. The third kappa shape index (κ3) is 4.62. The van der Waals surface area contributed by atoms with Gasteiger partial charge in [-0.25, -0.2) is 9.78 Å². The highest BCUT2D eigenvalue weighted by Gasteiger charge is 2.26. The van der Waals surface area contributed by atoms with Crippen molar-refractivity contribution in [1.82, 2.24) is 4.98 Å². The largest absolute Gasteiger partial charge is 0.493 e.